The highest BCUT2D eigenvalue weighted by atomic mass is 16.5. The second-order valence-corrected chi connectivity index (χ2v) is 11.2. The number of carbonyl (C=O) groups excluding carboxylic acids is 2. The van der Waals surface area contributed by atoms with Crippen LogP contribution >= 0.6 is 0 Å². The second kappa shape index (κ2) is 12.4. The minimum absolute atomic E-state index is 0.0508. The van der Waals surface area contributed by atoms with Crippen LogP contribution in [-0.4, -0.2) is 87.0 Å². The summed E-state index contributed by atoms with van der Waals surface area (Å²) in [7, 11) is 5.93. The Morgan fingerprint density at radius 2 is 1.59 bits per heavy atom. The Hall–Kier alpha value is -3.10. The lowest BCUT2D eigenvalue weighted by Crippen LogP contribution is -2.39. The average molecular weight is 535 g/mol. The molecule has 0 spiro atoms. The highest BCUT2D eigenvalue weighted by Crippen LogP contribution is 2.48. The van der Waals surface area contributed by atoms with E-state index in [0.29, 0.717) is 26.1 Å². The van der Waals surface area contributed by atoms with Crippen molar-refractivity contribution < 1.29 is 19.1 Å². The summed E-state index contributed by atoms with van der Waals surface area (Å²) in [6.07, 6.45) is 3.71. The van der Waals surface area contributed by atoms with Gasteiger partial charge >= 0.3 is 0 Å². The second-order valence-electron chi connectivity index (χ2n) is 11.2. The van der Waals surface area contributed by atoms with E-state index < -0.39 is 12.0 Å². The summed E-state index contributed by atoms with van der Waals surface area (Å²) in [4.78, 5) is 34.1. The van der Waals surface area contributed by atoms with Gasteiger partial charge in [-0.05, 0) is 94.8 Å². The molecule has 5 rings (SSSR count). The van der Waals surface area contributed by atoms with Gasteiger partial charge in [-0.25, -0.2) is 0 Å². The first kappa shape index (κ1) is 27.5. The molecule has 0 radical (unpaired) electrons. The van der Waals surface area contributed by atoms with Crippen LogP contribution < -0.4 is 14.8 Å². The number of fused-ring (bicyclic) bond motifs is 1. The molecule has 3 atom stereocenters. The number of nitrogens with zero attached hydrogens (tertiary/aromatic N) is 3. The number of amides is 2. The minimum atomic E-state index is -0.445. The molecule has 0 aromatic heterocycles. The van der Waals surface area contributed by atoms with Gasteiger partial charge in [0, 0.05) is 37.7 Å². The van der Waals surface area contributed by atoms with E-state index in [2.05, 4.69) is 41.3 Å². The van der Waals surface area contributed by atoms with E-state index in [1.54, 1.807) is 7.11 Å². The largest absolute Gasteiger partial charge is 0.497 e. The molecule has 1 N–H and O–H groups in total. The van der Waals surface area contributed by atoms with Crippen LogP contribution in [0.25, 0.3) is 0 Å². The van der Waals surface area contributed by atoms with Gasteiger partial charge in [0.05, 0.1) is 7.11 Å². The maximum Gasteiger partial charge on any atom is 0.234 e. The van der Waals surface area contributed by atoms with Crippen molar-refractivity contribution in [2.45, 2.75) is 50.2 Å². The molecule has 0 fully saturated rings. The highest BCUT2D eigenvalue weighted by Gasteiger charge is 2.43. The summed E-state index contributed by atoms with van der Waals surface area (Å²) < 4.78 is 11.9. The Kier molecular flexibility index (Phi) is 8.72. The number of benzene rings is 2. The first-order chi connectivity index (χ1) is 18.9. The molecule has 2 aromatic rings. The highest BCUT2D eigenvalue weighted by molar-refractivity contribution is 5.87. The monoisotopic (exact) mass is 534 g/mol. The summed E-state index contributed by atoms with van der Waals surface area (Å²) in [6.45, 7) is 4.79. The Bertz CT molecular complexity index is 1150. The molecule has 4 bridgehead atoms. The Balaban J connectivity index is 1.59. The van der Waals surface area contributed by atoms with Crippen LogP contribution in [0.15, 0.2) is 42.5 Å². The van der Waals surface area contributed by atoms with Crippen molar-refractivity contribution in [2.24, 2.45) is 0 Å². The lowest BCUT2D eigenvalue weighted by Gasteiger charge is -2.30. The number of nitrogens with one attached hydrogen (secondary N) is 1. The molecular weight excluding hydrogens is 492 g/mol. The molecule has 3 aliphatic heterocycles. The molecule has 2 aromatic carbocycles. The fourth-order valence-corrected chi connectivity index (χ4v) is 6.15. The van der Waals surface area contributed by atoms with Crippen molar-refractivity contribution >= 4 is 11.8 Å². The number of carbonyl (C=O) groups is 2. The predicted molar refractivity (Wildman–Crippen MR) is 151 cm³/mol. The van der Waals surface area contributed by atoms with E-state index in [9.17, 15) is 9.59 Å². The molecule has 3 aliphatic rings. The molecule has 0 aliphatic carbocycles. The van der Waals surface area contributed by atoms with E-state index in [4.69, 9.17) is 9.47 Å². The zero-order chi connectivity index (χ0) is 27.4. The van der Waals surface area contributed by atoms with E-state index in [1.165, 1.54) is 0 Å². The number of hydrogen-bond donors (Lipinski definition) is 1. The van der Waals surface area contributed by atoms with Crippen LogP contribution in [0.2, 0.25) is 0 Å². The molecule has 210 valence electrons. The zero-order valence-electron chi connectivity index (χ0n) is 23.5. The van der Waals surface area contributed by atoms with Gasteiger partial charge in [-0.15, -0.1) is 0 Å². The lowest BCUT2D eigenvalue weighted by atomic mass is 9.87. The Labute approximate surface area is 232 Å². The van der Waals surface area contributed by atoms with Gasteiger partial charge in [-0.3, -0.25) is 14.5 Å². The number of methoxy groups -OCH3 is 1. The van der Waals surface area contributed by atoms with Crippen LogP contribution in [0.5, 0.6) is 11.5 Å². The van der Waals surface area contributed by atoms with Gasteiger partial charge in [0.25, 0.3) is 0 Å². The van der Waals surface area contributed by atoms with Crippen LogP contribution in [-0.2, 0) is 9.59 Å². The van der Waals surface area contributed by atoms with Crippen molar-refractivity contribution in [2.75, 3.05) is 60.5 Å². The quantitative estimate of drug-likeness (QED) is 0.633. The van der Waals surface area contributed by atoms with Crippen molar-refractivity contribution in [3.8, 4) is 11.5 Å². The first-order valence-corrected chi connectivity index (χ1v) is 14.3. The predicted octanol–water partition coefficient (Wildman–Crippen LogP) is 3.74. The summed E-state index contributed by atoms with van der Waals surface area (Å²) >= 11 is 0. The van der Waals surface area contributed by atoms with Crippen molar-refractivity contribution in [1.29, 1.82) is 0 Å². The molecule has 2 amide bonds. The molecule has 0 saturated heterocycles. The number of hydrogen-bond acceptors (Lipinski definition) is 6. The maximum atomic E-state index is 14.4. The molecule has 39 heavy (non-hydrogen) atoms. The molecule has 0 saturated carbocycles. The van der Waals surface area contributed by atoms with Crippen LogP contribution in [0.3, 0.4) is 0 Å². The van der Waals surface area contributed by atoms with E-state index in [0.717, 1.165) is 73.5 Å². The van der Waals surface area contributed by atoms with Crippen LogP contribution in [0.1, 0.15) is 66.9 Å². The summed E-state index contributed by atoms with van der Waals surface area (Å²) in [6, 6.07) is 13.9. The maximum absolute atomic E-state index is 14.4. The SMILES string of the molecule is COc1ccc(C2Oc3ccc4cc3C2C(=O)N2CCCCN(C)CCCN(C)C4CC(=O)NCCC2)cc1. The number of rotatable bonds is 2. The number of ether oxygens (including phenoxy) is 2. The van der Waals surface area contributed by atoms with Crippen LogP contribution in [0, 0.1) is 0 Å². The van der Waals surface area contributed by atoms with Gasteiger partial charge < -0.3 is 24.6 Å². The summed E-state index contributed by atoms with van der Waals surface area (Å²) in [5.41, 5.74) is 2.93. The zero-order valence-corrected chi connectivity index (χ0v) is 23.5. The lowest BCUT2D eigenvalue weighted by molar-refractivity contribution is -0.134. The fraction of sp³-hybridized carbons (Fsp3) is 0.548. The average Bonchev–Trinajstić information content (AvgIpc) is 3.32. The smallest absolute Gasteiger partial charge is 0.234 e. The van der Waals surface area contributed by atoms with Gasteiger partial charge in [0.1, 0.15) is 23.5 Å². The van der Waals surface area contributed by atoms with Crippen molar-refractivity contribution in [3.05, 3.63) is 59.2 Å². The summed E-state index contributed by atoms with van der Waals surface area (Å²) in [5, 5.41) is 3.11. The third-order valence-electron chi connectivity index (χ3n) is 8.44. The normalized spacial score (nSPS) is 25.7. The Morgan fingerprint density at radius 1 is 0.872 bits per heavy atom. The summed E-state index contributed by atoms with van der Waals surface area (Å²) in [5.74, 6) is 1.23. The minimum Gasteiger partial charge on any atom is -0.497 e. The van der Waals surface area contributed by atoms with Gasteiger partial charge in [0.15, 0.2) is 0 Å². The van der Waals surface area contributed by atoms with Gasteiger partial charge in [0.2, 0.25) is 11.8 Å². The molecule has 8 heteroatoms. The molecule has 8 nitrogen and oxygen atoms in total. The van der Waals surface area contributed by atoms with Gasteiger partial charge in [-0.1, -0.05) is 18.2 Å². The molecular formula is C31H42N4O4. The van der Waals surface area contributed by atoms with Crippen molar-refractivity contribution in [3.63, 3.8) is 0 Å². The van der Waals surface area contributed by atoms with Crippen molar-refractivity contribution in [1.82, 2.24) is 20.0 Å². The topological polar surface area (TPSA) is 74.4 Å². The Morgan fingerprint density at radius 3 is 2.38 bits per heavy atom. The third-order valence-corrected chi connectivity index (χ3v) is 8.44. The molecule has 3 heterocycles. The van der Waals surface area contributed by atoms with E-state index >= 15 is 0 Å². The first-order valence-electron chi connectivity index (χ1n) is 14.3. The fourth-order valence-electron chi connectivity index (χ4n) is 6.15. The van der Waals surface area contributed by atoms with E-state index in [-0.39, 0.29) is 17.9 Å². The van der Waals surface area contributed by atoms with E-state index in [1.807, 2.05) is 35.2 Å². The van der Waals surface area contributed by atoms with Crippen LogP contribution in [0.4, 0.5) is 0 Å². The standard InChI is InChI=1S/C31H42N4O4/c1-33-15-4-5-18-35-19-6-14-32-28(36)21-26(34(2)17-7-16-33)23-10-13-27-25(20-23)29(31(35)37)30(39-27)22-8-11-24(38-3)12-9-22/h8-13,20,26,29-30H,4-7,14-19,21H2,1-3H3,(H,32,36). The third kappa shape index (κ3) is 6.23. The molecule has 3 unspecified atom stereocenters. The van der Waals surface area contributed by atoms with Gasteiger partial charge in [-0.2, -0.15) is 0 Å².